The lowest BCUT2D eigenvalue weighted by Crippen LogP contribution is -2.42. The van der Waals surface area contributed by atoms with Crippen LogP contribution in [0.2, 0.25) is 5.02 Å². The van der Waals surface area contributed by atoms with Crippen molar-refractivity contribution in [3.05, 3.63) is 88.2 Å². The fourth-order valence-electron chi connectivity index (χ4n) is 5.06. The monoisotopic (exact) mass is 506 g/mol. The number of halogens is 1. The van der Waals surface area contributed by atoms with Gasteiger partial charge in [-0.3, -0.25) is 4.98 Å². The highest BCUT2D eigenvalue weighted by Gasteiger charge is 2.34. The summed E-state index contributed by atoms with van der Waals surface area (Å²) in [5.74, 6) is 2.22. The first-order valence-corrected chi connectivity index (χ1v) is 12.6. The molecule has 6 nitrogen and oxygen atoms in total. The second-order valence-corrected chi connectivity index (χ2v) is 9.68. The van der Waals surface area contributed by atoms with Gasteiger partial charge in [-0.25, -0.2) is 0 Å². The summed E-state index contributed by atoms with van der Waals surface area (Å²) >= 11 is 6.18. The molecule has 1 aromatic heterocycles. The molecule has 2 aromatic carbocycles. The zero-order chi connectivity index (χ0) is 25.1. The van der Waals surface area contributed by atoms with Crippen LogP contribution in [0.4, 0.5) is 0 Å². The van der Waals surface area contributed by atoms with Crippen molar-refractivity contribution >= 4 is 17.2 Å². The summed E-state index contributed by atoms with van der Waals surface area (Å²) in [7, 11) is 3.27. The van der Waals surface area contributed by atoms with E-state index < -0.39 is 5.60 Å². The van der Waals surface area contributed by atoms with Crippen molar-refractivity contribution in [2.45, 2.75) is 31.5 Å². The quantitative estimate of drug-likeness (QED) is 0.479. The Morgan fingerprint density at radius 3 is 2.69 bits per heavy atom. The van der Waals surface area contributed by atoms with E-state index >= 15 is 0 Å². The Hall–Kier alpha value is -3.06. The van der Waals surface area contributed by atoms with Gasteiger partial charge in [0.05, 0.1) is 30.5 Å². The smallest absolute Gasteiger partial charge is 0.137 e. The molecule has 36 heavy (non-hydrogen) atoms. The minimum Gasteiger partial charge on any atom is -0.497 e. The summed E-state index contributed by atoms with van der Waals surface area (Å²) in [5.41, 5.74) is 4.15. The van der Waals surface area contributed by atoms with E-state index in [1.807, 2.05) is 42.6 Å². The molecule has 0 bridgehead atoms. The molecule has 0 saturated carbocycles. The molecule has 0 atom stereocenters. The summed E-state index contributed by atoms with van der Waals surface area (Å²) in [6.45, 7) is 2.97. The molecular formula is C29H31ClN2O4. The molecule has 0 aliphatic carbocycles. The van der Waals surface area contributed by atoms with E-state index in [2.05, 4.69) is 22.0 Å². The molecule has 0 spiro atoms. The van der Waals surface area contributed by atoms with Crippen LogP contribution >= 0.6 is 11.6 Å². The number of likely N-dealkylation sites (tertiary alicyclic amines) is 1. The molecule has 2 aliphatic heterocycles. The number of methoxy groups -OCH3 is 2. The lowest BCUT2D eigenvalue weighted by atomic mass is 9.84. The molecule has 2 aliphatic rings. The van der Waals surface area contributed by atoms with Crippen molar-refractivity contribution in [3.8, 4) is 17.2 Å². The number of aromatic nitrogens is 1. The van der Waals surface area contributed by atoms with E-state index in [0.717, 1.165) is 65.5 Å². The molecule has 0 radical (unpaired) electrons. The molecule has 0 amide bonds. The van der Waals surface area contributed by atoms with Crippen LogP contribution < -0.4 is 14.2 Å². The normalized spacial score (nSPS) is 18.1. The molecular weight excluding hydrogens is 476 g/mol. The molecule has 1 saturated heterocycles. The topological polar surface area (TPSA) is 64.1 Å². The Morgan fingerprint density at radius 2 is 1.92 bits per heavy atom. The van der Waals surface area contributed by atoms with Gasteiger partial charge >= 0.3 is 0 Å². The Bertz CT molecular complexity index is 1270. The van der Waals surface area contributed by atoms with E-state index in [1.165, 1.54) is 0 Å². The van der Waals surface area contributed by atoms with Crippen LogP contribution in [0.1, 0.15) is 41.6 Å². The van der Waals surface area contributed by atoms with Gasteiger partial charge in [0.25, 0.3) is 0 Å². The number of pyridine rings is 1. The van der Waals surface area contributed by atoms with Gasteiger partial charge < -0.3 is 24.2 Å². The van der Waals surface area contributed by atoms with E-state index in [0.29, 0.717) is 30.2 Å². The van der Waals surface area contributed by atoms with Crippen LogP contribution in [0, 0.1) is 0 Å². The van der Waals surface area contributed by atoms with Crippen molar-refractivity contribution in [3.63, 3.8) is 0 Å². The number of fused-ring (bicyclic) bond motifs is 2. The second kappa shape index (κ2) is 10.5. The molecule has 188 valence electrons. The lowest BCUT2D eigenvalue weighted by Gasteiger charge is -2.38. The SMILES string of the molecule is COc1ccc2c(c1)/C(=C/CCN1CCC(O)(c3ccc(Cl)c(OC)c3)CC1)c1cccnc1CO2. The van der Waals surface area contributed by atoms with Crippen LogP contribution in [0.3, 0.4) is 0 Å². The third kappa shape index (κ3) is 4.94. The Labute approximate surface area is 217 Å². The first kappa shape index (κ1) is 24.6. The van der Waals surface area contributed by atoms with Gasteiger partial charge in [0.1, 0.15) is 23.9 Å². The Balaban J connectivity index is 1.31. The fourth-order valence-corrected chi connectivity index (χ4v) is 5.25. The first-order chi connectivity index (χ1) is 17.5. The maximum Gasteiger partial charge on any atom is 0.137 e. The highest BCUT2D eigenvalue weighted by atomic mass is 35.5. The summed E-state index contributed by atoms with van der Waals surface area (Å²) in [5, 5.41) is 11.9. The average Bonchev–Trinajstić information content (AvgIpc) is 3.06. The van der Waals surface area contributed by atoms with Gasteiger partial charge in [0, 0.05) is 37.0 Å². The molecule has 3 heterocycles. The molecule has 3 aromatic rings. The second-order valence-electron chi connectivity index (χ2n) is 9.28. The van der Waals surface area contributed by atoms with Gasteiger partial charge in [-0.15, -0.1) is 0 Å². The van der Waals surface area contributed by atoms with Crippen molar-refractivity contribution in [1.29, 1.82) is 0 Å². The van der Waals surface area contributed by atoms with E-state index in [4.69, 9.17) is 25.8 Å². The highest BCUT2D eigenvalue weighted by molar-refractivity contribution is 6.32. The molecule has 7 heteroatoms. The van der Waals surface area contributed by atoms with Crippen molar-refractivity contribution in [2.24, 2.45) is 0 Å². The number of aliphatic hydroxyl groups is 1. The third-order valence-corrected chi connectivity index (χ3v) is 7.50. The van der Waals surface area contributed by atoms with Gasteiger partial charge in [-0.05, 0) is 66.8 Å². The maximum absolute atomic E-state index is 11.3. The van der Waals surface area contributed by atoms with Crippen LogP contribution in [-0.2, 0) is 12.2 Å². The highest BCUT2D eigenvalue weighted by Crippen LogP contribution is 2.39. The van der Waals surface area contributed by atoms with Crippen LogP contribution in [-0.4, -0.2) is 48.8 Å². The number of hydrogen-bond donors (Lipinski definition) is 1. The van der Waals surface area contributed by atoms with Gasteiger partial charge in [-0.2, -0.15) is 0 Å². The van der Waals surface area contributed by atoms with Crippen molar-refractivity contribution < 1.29 is 19.3 Å². The predicted molar refractivity (Wildman–Crippen MR) is 141 cm³/mol. The lowest BCUT2D eigenvalue weighted by molar-refractivity contribution is -0.0255. The summed E-state index contributed by atoms with van der Waals surface area (Å²) in [6.07, 6.45) is 6.28. The third-order valence-electron chi connectivity index (χ3n) is 7.19. The summed E-state index contributed by atoms with van der Waals surface area (Å²) in [6, 6.07) is 15.5. The van der Waals surface area contributed by atoms with Crippen LogP contribution in [0.15, 0.2) is 60.8 Å². The van der Waals surface area contributed by atoms with Crippen LogP contribution in [0.5, 0.6) is 17.2 Å². The van der Waals surface area contributed by atoms with Crippen molar-refractivity contribution in [1.82, 2.24) is 9.88 Å². The van der Waals surface area contributed by atoms with Gasteiger partial charge in [0.2, 0.25) is 0 Å². The predicted octanol–water partition coefficient (Wildman–Crippen LogP) is 5.45. The summed E-state index contributed by atoms with van der Waals surface area (Å²) in [4.78, 5) is 6.97. The van der Waals surface area contributed by atoms with E-state index in [1.54, 1.807) is 20.3 Å². The largest absolute Gasteiger partial charge is 0.497 e. The number of ether oxygens (including phenoxy) is 3. The minimum atomic E-state index is -0.869. The van der Waals surface area contributed by atoms with Crippen LogP contribution in [0.25, 0.3) is 5.57 Å². The number of hydrogen-bond acceptors (Lipinski definition) is 6. The standard InChI is InChI=1S/C29H31ClN2O4/c1-34-21-8-10-27-24(18-21)22(23-5-3-13-31-26(23)19-36-27)6-4-14-32-15-11-29(33,12-16-32)20-7-9-25(30)28(17-20)35-2/h3,5-10,13,17-18,33H,4,11-12,14-16,19H2,1-2H3/b22-6+. The van der Waals surface area contributed by atoms with Gasteiger partial charge in [0.15, 0.2) is 0 Å². The Kier molecular flexibility index (Phi) is 7.19. The Morgan fingerprint density at radius 1 is 1.08 bits per heavy atom. The van der Waals surface area contributed by atoms with E-state index in [9.17, 15) is 5.11 Å². The fraction of sp³-hybridized carbons (Fsp3) is 0.345. The molecule has 1 N–H and O–H groups in total. The first-order valence-electron chi connectivity index (χ1n) is 12.2. The average molecular weight is 507 g/mol. The number of piperidine rings is 1. The zero-order valence-corrected chi connectivity index (χ0v) is 21.4. The maximum atomic E-state index is 11.3. The molecule has 0 unspecified atom stereocenters. The molecule has 5 rings (SSSR count). The number of rotatable bonds is 6. The van der Waals surface area contributed by atoms with E-state index in [-0.39, 0.29) is 0 Å². The number of benzene rings is 2. The van der Waals surface area contributed by atoms with Gasteiger partial charge in [-0.1, -0.05) is 29.8 Å². The van der Waals surface area contributed by atoms with Crippen molar-refractivity contribution in [2.75, 3.05) is 33.9 Å². The molecule has 1 fully saturated rings. The minimum absolute atomic E-state index is 0.438. The number of nitrogens with zero attached hydrogens (tertiary/aromatic N) is 2. The zero-order valence-electron chi connectivity index (χ0n) is 20.7. The summed E-state index contributed by atoms with van der Waals surface area (Å²) < 4.78 is 16.9.